The number of fused-ring (bicyclic) bond motifs is 1. The number of aromatic amines is 1. The van der Waals surface area contributed by atoms with Gasteiger partial charge in [-0.3, -0.25) is 9.78 Å². The van der Waals surface area contributed by atoms with Gasteiger partial charge in [0.05, 0.1) is 11.9 Å². The number of pyridine rings is 2. The van der Waals surface area contributed by atoms with Crippen LogP contribution in [0, 0.1) is 0 Å². The summed E-state index contributed by atoms with van der Waals surface area (Å²) in [6, 6.07) is 10.5. The predicted molar refractivity (Wildman–Crippen MR) is 94.3 cm³/mol. The van der Waals surface area contributed by atoms with E-state index in [1.54, 1.807) is 42.7 Å². The first-order valence-corrected chi connectivity index (χ1v) is 7.78. The Kier molecular flexibility index (Phi) is 3.83. The molecule has 0 aliphatic heterocycles. The third-order valence-corrected chi connectivity index (χ3v) is 3.70. The number of carbonyl (C=O) groups excluding carboxylic acids is 1. The van der Waals surface area contributed by atoms with Crippen LogP contribution >= 0.6 is 11.6 Å². The molecule has 1 amide bonds. The van der Waals surface area contributed by atoms with Crippen LogP contribution in [-0.4, -0.2) is 30.8 Å². The molecule has 0 saturated heterocycles. The fourth-order valence-corrected chi connectivity index (χ4v) is 2.53. The Balaban J connectivity index is 1.67. The van der Waals surface area contributed by atoms with Crippen molar-refractivity contribution in [2.75, 3.05) is 5.32 Å². The minimum absolute atomic E-state index is 0.299. The second-order valence-corrected chi connectivity index (χ2v) is 5.56. The van der Waals surface area contributed by atoms with Gasteiger partial charge in [0.2, 0.25) is 0 Å². The summed E-state index contributed by atoms with van der Waals surface area (Å²) in [7, 11) is 0. The molecule has 8 heteroatoms. The highest BCUT2D eigenvalue weighted by molar-refractivity contribution is 6.29. The van der Waals surface area contributed by atoms with E-state index in [0.29, 0.717) is 33.5 Å². The highest BCUT2D eigenvalue weighted by atomic mass is 35.5. The zero-order valence-electron chi connectivity index (χ0n) is 12.8. The van der Waals surface area contributed by atoms with E-state index in [9.17, 15) is 4.79 Å². The minimum atomic E-state index is -0.327. The van der Waals surface area contributed by atoms with Gasteiger partial charge in [-0.2, -0.15) is 0 Å². The smallest absolute Gasteiger partial charge is 0.275 e. The molecule has 2 N–H and O–H groups in total. The molecule has 4 rings (SSSR count). The Hall–Kier alpha value is -3.32. The number of aromatic nitrogens is 5. The average Bonchev–Trinajstić information content (AvgIpc) is 3.05. The number of anilines is 1. The molecule has 0 aromatic carbocycles. The fraction of sp³-hybridized carbons (Fsp3) is 0. The summed E-state index contributed by atoms with van der Waals surface area (Å²) in [6.07, 6.45) is 4.79. The summed E-state index contributed by atoms with van der Waals surface area (Å²) >= 11 is 5.93. The third-order valence-electron chi connectivity index (χ3n) is 3.52. The Bertz CT molecular complexity index is 1060. The maximum Gasteiger partial charge on any atom is 0.275 e. The van der Waals surface area contributed by atoms with E-state index in [1.807, 2.05) is 6.07 Å². The lowest BCUT2D eigenvalue weighted by Crippen LogP contribution is -2.14. The number of H-pyrrole nitrogens is 1. The standard InChI is InChI=1S/C17H11ClN6O/c18-13-9-21-16-15(23-13)10(8-20-16)11-5-3-6-14(22-11)24-17(25)12-4-1-2-7-19-12/h1-9H,(H,20,21)(H,22,24,25). The Morgan fingerprint density at radius 1 is 1.08 bits per heavy atom. The third kappa shape index (κ3) is 3.05. The van der Waals surface area contributed by atoms with E-state index in [2.05, 4.69) is 30.2 Å². The highest BCUT2D eigenvalue weighted by Gasteiger charge is 2.12. The van der Waals surface area contributed by atoms with Crippen molar-refractivity contribution in [1.82, 2.24) is 24.9 Å². The number of nitrogens with one attached hydrogen (secondary N) is 2. The van der Waals surface area contributed by atoms with Gasteiger partial charge < -0.3 is 10.3 Å². The SMILES string of the molecule is O=C(Nc1cccc(-c2c[nH]c3ncc(Cl)nc23)n1)c1ccccn1. The van der Waals surface area contributed by atoms with Crippen LogP contribution in [0.15, 0.2) is 55.0 Å². The number of amides is 1. The molecule has 7 nitrogen and oxygen atoms in total. The van der Waals surface area contributed by atoms with Crippen LogP contribution in [0.5, 0.6) is 0 Å². The van der Waals surface area contributed by atoms with Crippen LogP contribution in [0.25, 0.3) is 22.4 Å². The van der Waals surface area contributed by atoms with Crippen LogP contribution in [0.3, 0.4) is 0 Å². The van der Waals surface area contributed by atoms with Crippen molar-refractivity contribution in [3.8, 4) is 11.3 Å². The number of hydrogen-bond acceptors (Lipinski definition) is 5. The number of rotatable bonds is 3. The fourth-order valence-electron chi connectivity index (χ4n) is 2.40. The molecule has 0 saturated carbocycles. The summed E-state index contributed by atoms with van der Waals surface area (Å²) in [5, 5.41) is 3.03. The second-order valence-electron chi connectivity index (χ2n) is 5.17. The van der Waals surface area contributed by atoms with Gasteiger partial charge in [-0.15, -0.1) is 0 Å². The van der Waals surface area contributed by atoms with Gasteiger partial charge in [0.1, 0.15) is 22.2 Å². The van der Waals surface area contributed by atoms with Crippen LogP contribution < -0.4 is 5.32 Å². The Morgan fingerprint density at radius 2 is 2.00 bits per heavy atom. The molecule has 0 spiro atoms. The molecule has 122 valence electrons. The zero-order chi connectivity index (χ0) is 17.2. The van der Waals surface area contributed by atoms with Gasteiger partial charge in [0.25, 0.3) is 5.91 Å². The molecule has 0 aliphatic rings. The van der Waals surface area contributed by atoms with Crippen LogP contribution in [-0.2, 0) is 0 Å². The molecule has 0 atom stereocenters. The average molecular weight is 351 g/mol. The molecular formula is C17H11ClN6O. The van der Waals surface area contributed by atoms with Crippen LogP contribution in [0.2, 0.25) is 5.15 Å². The van der Waals surface area contributed by atoms with Crippen molar-refractivity contribution in [2.24, 2.45) is 0 Å². The second kappa shape index (κ2) is 6.29. The Labute approximate surface area is 147 Å². The van der Waals surface area contributed by atoms with Crippen molar-refractivity contribution in [2.45, 2.75) is 0 Å². The molecule has 4 aromatic heterocycles. The lowest BCUT2D eigenvalue weighted by Gasteiger charge is -2.05. The van der Waals surface area contributed by atoms with E-state index in [1.165, 1.54) is 6.20 Å². The molecule has 0 fully saturated rings. The van der Waals surface area contributed by atoms with Gasteiger partial charge in [-0.25, -0.2) is 15.0 Å². The predicted octanol–water partition coefficient (Wildman–Crippen LogP) is 3.32. The summed E-state index contributed by atoms with van der Waals surface area (Å²) in [4.78, 5) is 32.2. The maximum absolute atomic E-state index is 12.2. The highest BCUT2D eigenvalue weighted by Crippen LogP contribution is 2.26. The quantitative estimate of drug-likeness (QED) is 0.590. The Morgan fingerprint density at radius 3 is 2.84 bits per heavy atom. The molecule has 0 radical (unpaired) electrons. The number of halogens is 1. The molecule has 4 heterocycles. The van der Waals surface area contributed by atoms with E-state index < -0.39 is 0 Å². The number of carbonyl (C=O) groups is 1. The van der Waals surface area contributed by atoms with Crippen molar-refractivity contribution < 1.29 is 4.79 Å². The normalized spacial score (nSPS) is 10.8. The summed E-state index contributed by atoms with van der Waals surface area (Å²) < 4.78 is 0. The summed E-state index contributed by atoms with van der Waals surface area (Å²) in [5.41, 5.74) is 2.94. The van der Waals surface area contributed by atoms with Crippen molar-refractivity contribution in [1.29, 1.82) is 0 Å². The first-order valence-electron chi connectivity index (χ1n) is 7.40. The minimum Gasteiger partial charge on any atom is -0.344 e. The van der Waals surface area contributed by atoms with E-state index >= 15 is 0 Å². The topological polar surface area (TPSA) is 96.5 Å². The monoisotopic (exact) mass is 350 g/mol. The van der Waals surface area contributed by atoms with Gasteiger partial charge in [0, 0.05) is 18.0 Å². The van der Waals surface area contributed by atoms with Crippen molar-refractivity contribution in [3.63, 3.8) is 0 Å². The van der Waals surface area contributed by atoms with Crippen LogP contribution in [0.1, 0.15) is 10.5 Å². The molecule has 0 unspecified atom stereocenters. The van der Waals surface area contributed by atoms with Gasteiger partial charge in [0.15, 0.2) is 5.65 Å². The van der Waals surface area contributed by atoms with Gasteiger partial charge in [-0.05, 0) is 24.3 Å². The first-order chi connectivity index (χ1) is 12.2. The molecule has 0 bridgehead atoms. The summed E-state index contributed by atoms with van der Waals surface area (Å²) in [5.74, 6) is 0.0875. The van der Waals surface area contributed by atoms with Crippen molar-refractivity contribution in [3.05, 3.63) is 65.8 Å². The summed E-state index contributed by atoms with van der Waals surface area (Å²) in [6.45, 7) is 0. The van der Waals surface area contributed by atoms with E-state index in [-0.39, 0.29) is 5.91 Å². The molecule has 25 heavy (non-hydrogen) atoms. The molecule has 4 aromatic rings. The first kappa shape index (κ1) is 15.2. The number of nitrogens with zero attached hydrogens (tertiary/aromatic N) is 4. The number of hydrogen-bond donors (Lipinski definition) is 2. The molecular weight excluding hydrogens is 340 g/mol. The van der Waals surface area contributed by atoms with Crippen molar-refractivity contribution >= 4 is 34.5 Å². The van der Waals surface area contributed by atoms with Gasteiger partial charge in [-0.1, -0.05) is 23.7 Å². The largest absolute Gasteiger partial charge is 0.344 e. The maximum atomic E-state index is 12.2. The van der Waals surface area contributed by atoms with E-state index in [4.69, 9.17) is 11.6 Å². The lowest BCUT2D eigenvalue weighted by atomic mass is 10.2. The molecule has 0 aliphatic carbocycles. The van der Waals surface area contributed by atoms with Crippen LogP contribution in [0.4, 0.5) is 5.82 Å². The van der Waals surface area contributed by atoms with Gasteiger partial charge >= 0.3 is 0 Å². The van der Waals surface area contributed by atoms with E-state index in [0.717, 1.165) is 5.56 Å². The zero-order valence-corrected chi connectivity index (χ0v) is 13.5. The lowest BCUT2D eigenvalue weighted by molar-refractivity contribution is 0.102.